The molecule has 0 bridgehead atoms. The Labute approximate surface area is 154 Å². The van der Waals surface area contributed by atoms with Crippen LogP contribution >= 0.6 is 0 Å². The minimum absolute atomic E-state index is 0.143. The SMILES string of the molecule is Cc1ccc(C(=O)N(C)C)cc1NS(=O)(=O)c1cccc(OC(F)(F)F)c1. The van der Waals surface area contributed by atoms with Gasteiger partial charge >= 0.3 is 6.36 Å². The normalized spacial score (nSPS) is 11.8. The fourth-order valence-corrected chi connectivity index (χ4v) is 3.32. The molecule has 0 radical (unpaired) electrons. The number of rotatable bonds is 5. The van der Waals surface area contributed by atoms with E-state index in [0.29, 0.717) is 5.56 Å². The Bertz CT molecular complexity index is 957. The van der Waals surface area contributed by atoms with E-state index in [1.165, 1.54) is 11.0 Å². The van der Waals surface area contributed by atoms with Gasteiger partial charge in [0.05, 0.1) is 10.6 Å². The van der Waals surface area contributed by atoms with Gasteiger partial charge in [0, 0.05) is 25.7 Å². The van der Waals surface area contributed by atoms with Crippen LogP contribution in [0.4, 0.5) is 18.9 Å². The van der Waals surface area contributed by atoms with E-state index in [2.05, 4.69) is 9.46 Å². The van der Waals surface area contributed by atoms with E-state index >= 15 is 0 Å². The molecule has 0 spiro atoms. The molecule has 1 N–H and O–H groups in total. The largest absolute Gasteiger partial charge is 0.573 e. The van der Waals surface area contributed by atoms with E-state index in [9.17, 15) is 26.4 Å². The van der Waals surface area contributed by atoms with E-state index in [1.807, 2.05) is 0 Å². The summed E-state index contributed by atoms with van der Waals surface area (Å²) in [5.74, 6) is -0.977. The van der Waals surface area contributed by atoms with E-state index in [4.69, 9.17) is 0 Å². The molecule has 2 aromatic rings. The monoisotopic (exact) mass is 402 g/mol. The maximum Gasteiger partial charge on any atom is 0.573 e. The molecule has 146 valence electrons. The van der Waals surface area contributed by atoms with Gasteiger partial charge in [0.25, 0.3) is 15.9 Å². The number of anilines is 1. The van der Waals surface area contributed by atoms with Gasteiger partial charge in [-0.25, -0.2) is 8.42 Å². The van der Waals surface area contributed by atoms with E-state index in [1.54, 1.807) is 33.2 Å². The van der Waals surface area contributed by atoms with Gasteiger partial charge in [-0.2, -0.15) is 0 Å². The third-order valence-electron chi connectivity index (χ3n) is 3.48. The highest BCUT2D eigenvalue weighted by molar-refractivity contribution is 7.92. The molecule has 0 aliphatic heterocycles. The summed E-state index contributed by atoms with van der Waals surface area (Å²) in [4.78, 5) is 13.0. The van der Waals surface area contributed by atoms with Gasteiger partial charge in [0.1, 0.15) is 5.75 Å². The second kappa shape index (κ2) is 7.47. The molecule has 6 nitrogen and oxygen atoms in total. The minimum Gasteiger partial charge on any atom is -0.406 e. The average molecular weight is 402 g/mol. The van der Waals surface area contributed by atoms with Crippen LogP contribution < -0.4 is 9.46 Å². The predicted molar refractivity (Wildman–Crippen MR) is 93.1 cm³/mol. The number of ether oxygens (including phenoxy) is 1. The van der Waals surface area contributed by atoms with Crippen LogP contribution in [0.25, 0.3) is 0 Å². The molecule has 0 aliphatic carbocycles. The number of sulfonamides is 1. The quantitative estimate of drug-likeness (QED) is 0.832. The number of carbonyl (C=O) groups is 1. The number of hydrogen-bond acceptors (Lipinski definition) is 4. The van der Waals surface area contributed by atoms with Crippen molar-refractivity contribution in [1.82, 2.24) is 4.90 Å². The van der Waals surface area contributed by atoms with Crippen LogP contribution in [0.2, 0.25) is 0 Å². The topological polar surface area (TPSA) is 75.7 Å². The van der Waals surface area contributed by atoms with E-state index in [-0.39, 0.29) is 17.2 Å². The van der Waals surface area contributed by atoms with Gasteiger partial charge in [-0.1, -0.05) is 12.1 Å². The molecule has 0 atom stereocenters. The molecule has 0 unspecified atom stereocenters. The van der Waals surface area contributed by atoms with Gasteiger partial charge in [0.15, 0.2) is 0 Å². The van der Waals surface area contributed by atoms with Crippen LogP contribution in [0.5, 0.6) is 5.75 Å². The zero-order valence-corrected chi connectivity index (χ0v) is 15.5. The highest BCUT2D eigenvalue weighted by Crippen LogP contribution is 2.27. The first-order valence-electron chi connectivity index (χ1n) is 7.60. The Balaban J connectivity index is 2.35. The molecule has 27 heavy (non-hydrogen) atoms. The summed E-state index contributed by atoms with van der Waals surface area (Å²) in [5.41, 5.74) is 0.943. The maximum absolute atomic E-state index is 12.5. The summed E-state index contributed by atoms with van der Waals surface area (Å²) >= 11 is 0. The second-order valence-corrected chi connectivity index (χ2v) is 7.54. The Morgan fingerprint density at radius 3 is 2.37 bits per heavy atom. The van der Waals surface area contributed by atoms with Gasteiger partial charge < -0.3 is 9.64 Å². The third-order valence-corrected chi connectivity index (χ3v) is 4.85. The summed E-state index contributed by atoms with van der Waals surface area (Å²) < 4.78 is 68.1. The molecule has 1 amide bonds. The number of halogens is 3. The Morgan fingerprint density at radius 2 is 1.78 bits per heavy atom. The van der Waals surface area contributed by atoms with Crippen molar-refractivity contribution < 1.29 is 31.1 Å². The van der Waals surface area contributed by atoms with Crippen molar-refractivity contribution in [3.05, 3.63) is 53.6 Å². The molecular weight excluding hydrogens is 385 g/mol. The van der Waals surface area contributed by atoms with Crippen LogP contribution in [0, 0.1) is 6.92 Å². The molecule has 0 saturated carbocycles. The number of carbonyl (C=O) groups excluding carboxylic acids is 1. The van der Waals surface area contributed by atoms with Crippen LogP contribution in [-0.4, -0.2) is 39.7 Å². The lowest BCUT2D eigenvalue weighted by Gasteiger charge is -2.15. The Morgan fingerprint density at radius 1 is 1.11 bits per heavy atom. The summed E-state index contributed by atoms with van der Waals surface area (Å²) in [5, 5.41) is 0. The van der Waals surface area contributed by atoms with Gasteiger partial charge in [-0.15, -0.1) is 13.2 Å². The molecule has 0 aromatic heterocycles. The number of nitrogens with zero attached hydrogens (tertiary/aromatic N) is 1. The molecule has 0 aliphatic rings. The average Bonchev–Trinajstić information content (AvgIpc) is 2.54. The van der Waals surface area contributed by atoms with Crippen molar-refractivity contribution in [2.24, 2.45) is 0 Å². The lowest BCUT2D eigenvalue weighted by atomic mass is 10.1. The zero-order valence-electron chi connectivity index (χ0n) is 14.7. The number of alkyl halides is 3. The van der Waals surface area contributed by atoms with Crippen LogP contribution in [0.1, 0.15) is 15.9 Å². The molecule has 2 rings (SSSR count). The number of aryl methyl sites for hydroxylation is 1. The third kappa shape index (κ3) is 5.36. The van der Waals surface area contributed by atoms with Gasteiger partial charge in [-0.3, -0.25) is 9.52 Å². The van der Waals surface area contributed by atoms with Crippen molar-refractivity contribution in [3.8, 4) is 5.75 Å². The highest BCUT2D eigenvalue weighted by atomic mass is 32.2. The number of hydrogen-bond donors (Lipinski definition) is 1. The molecule has 10 heteroatoms. The van der Waals surface area contributed by atoms with Crippen molar-refractivity contribution in [1.29, 1.82) is 0 Å². The van der Waals surface area contributed by atoms with Crippen molar-refractivity contribution >= 4 is 21.6 Å². The Hall–Kier alpha value is -2.75. The van der Waals surface area contributed by atoms with Crippen molar-refractivity contribution in [2.45, 2.75) is 18.2 Å². The van der Waals surface area contributed by atoms with E-state index in [0.717, 1.165) is 24.3 Å². The Kier molecular flexibility index (Phi) is 5.69. The lowest BCUT2D eigenvalue weighted by Crippen LogP contribution is -2.22. The first-order chi connectivity index (χ1) is 12.4. The van der Waals surface area contributed by atoms with Crippen LogP contribution in [0.15, 0.2) is 47.4 Å². The van der Waals surface area contributed by atoms with Crippen LogP contribution in [-0.2, 0) is 10.0 Å². The van der Waals surface area contributed by atoms with Crippen molar-refractivity contribution in [2.75, 3.05) is 18.8 Å². The number of benzene rings is 2. The first kappa shape index (κ1) is 20.6. The summed E-state index contributed by atoms with van der Waals surface area (Å²) in [7, 11) is -1.09. The maximum atomic E-state index is 12.5. The second-order valence-electron chi connectivity index (χ2n) is 5.86. The smallest absolute Gasteiger partial charge is 0.406 e. The molecule has 0 saturated heterocycles. The molecule has 0 heterocycles. The van der Waals surface area contributed by atoms with E-state index < -0.39 is 27.0 Å². The molecular formula is C17H17F3N2O4S. The summed E-state index contributed by atoms with van der Waals surface area (Å²) in [6.07, 6.45) is -4.94. The highest BCUT2D eigenvalue weighted by Gasteiger charge is 2.31. The zero-order chi connectivity index (χ0) is 20.4. The number of amides is 1. The summed E-state index contributed by atoms with van der Waals surface area (Å²) in [6, 6.07) is 8.51. The van der Waals surface area contributed by atoms with Gasteiger partial charge in [0.2, 0.25) is 0 Å². The predicted octanol–water partition coefficient (Wildman–Crippen LogP) is 3.40. The molecule has 0 fully saturated rings. The van der Waals surface area contributed by atoms with Crippen molar-refractivity contribution in [3.63, 3.8) is 0 Å². The fraction of sp³-hybridized carbons (Fsp3) is 0.235. The number of nitrogens with one attached hydrogen (secondary N) is 1. The molecule has 2 aromatic carbocycles. The minimum atomic E-state index is -4.94. The van der Waals surface area contributed by atoms with Crippen LogP contribution in [0.3, 0.4) is 0 Å². The van der Waals surface area contributed by atoms with Gasteiger partial charge in [-0.05, 0) is 36.8 Å². The summed E-state index contributed by atoms with van der Waals surface area (Å²) in [6.45, 7) is 1.63. The lowest BCUT2D eigenvalue weighted by molar-refractivity contribution is -0.274. The fourth-order valence-electron chi connectivity index (χ4n) is 2.17. The first-order valence-corrected chi connectivity index (χ1v) is 9.08. The standard InChI is InChI=1S/C17H17F3N2O4S/c1-11-7-8-12(16(23)22(2)3)9-15(11)21-27(24,25)14-6-4-5-13(10-14)26-17(18,19)20/h4-10,21H,1-3H3.